The molecule has 3 atom stereocenters. The van der Waals surface area contributed by atoms with Crippen LogP contribution in [-0.2, 0) is 21.1 Å². The predicted molar refractivity (Wildman–Crippen MR) is 130 cm³/mol. The number of nitrogens with two attached hydrogens (primary N) is 1. The van der Waals surface area contributed by atoms with E-state index in [0.717, 1.165) is 25.1 Å². The van der Waals surface area contributed by atoms with E-state index in [1.54, 1.807) is 0 Å². The number of ether oxygens (including phenoxy) is 1. The zero-order chi connectivity index (χ0) is 24.1. The minimum absolute atomic E-state index is 0. The molecule has 0 saturated carbocycles. The van der Waals surface area contributed by atoms with Gasteiger partial charge in [0.1, 0.15) is 0 Å². The number of halogens is 1. The van der Waals surface area contributed by atoms with Crippen molar-refractivity contribution in [1.29, 1.82) is 0 Å². The molecule has 2 N–H and O–H groups in total. The summed E-state index contributed by atoms with van der Waals surface area (Å²) in [6, 6.07) is 3.54. The molecule has 0 unspecified atom stereocenters. The summed E-state index contributed by atoms with van der Waals surface area (Å²) in [6.45, 7) is 9.38. The number of fused-ring (bicyclic) bond motifs is 3. The first-order valence-corrected chi connectivity index (χ1v) is 11.6. The van der Waals surface area contributed by atoms with E-state index in [1.807, 2.05) is 10.9 Å². The molecule has 0 amide bonds. The fraction of sp³-hybridized carbons (Fsp3) is 0.458. The van der Waals surface area contributed by atoms with Crippen LogP contribution in [0, 0.1) is 11.7 Å². The molecule has 0 bridgehead atoms. The first-order valence-electron chi connectivity index (χ1n) is 11.6. The van der Waals surface area contributed by atoms with Crippen LogP contribution in [0.5, 0.6) is 5.75 Å². The Bertz CT molecular complexity index is 1350. The summed E-state index contributed by atoms with van der Waals surface area (Å²) in [5.74, 6) is 1.95. The van der Waals surface area contributed by atoms with Gasteiger partial charge in [0.2, 0.25) is 5.95 Å². The molecule has 0 radical (unpaired) electrons. The fourth-order valence-corrected chi connectivity index (χ4v) is 4.61. The van der Waals surface area contributed by atoms with Crippen molar-refractivity contribution >= 4 is 28.2 Å². The molecule has 4 heterocycles. The number of rotatable bonds is 5. The van der Waals surface area contributed by atoms with Crippen LogP contribution in [0.2, 0.25) is 0 Å². The maximum absolute atomic E-state index is 14.4. The zero-order valence-electron chi connectivity index (χ0n) is 20.6. The van der Waals surface area contributed by atoms with E-state index < -0.39 is 5.82 Å². The molecule has 11 heteroatoms. The monoisotopic (exact) mass is 563 g/mol. The third-order valence-corrected chi connectivity index (χ3v) is 6.99. The molecule has 1 aliphatic heterocycles. The van der Waals surface area contributed by atoms with Crippen molar-refractivity contribution in [2.45, 2.75) is 58.5 Å². The Kier molecular flexibility index (Phi) is 7.04. The van der Waals surface area contributed by atoms with Gasteiger partial charge in [0.15, 0.2) is 23.0 Å². The number of benzene rings is 1. The topological polar surface area (TPSA) is 99.4 Å². The van der Waals surface area contributed by atoms with Crippen LogP contribution in [0.4, 0.5) is 16.0 Å². The number of piperidine rings is 1. The van der Waals surface area contributed by atoms with E-state index in [-0.39, 0.29) is 44.7 Å². The van der Waals surface area contributed by atoms with Crippen molar-refractivity contribution in [2.24, 2.45) is 0 Å². The maximum Gasteiger partial charge on any atom is 0.223 e. The van der Waals surface area contributed by atoms with Crippen molar-refractivity contribution in [2.75, 3.05) is 24.3 Å². The second-order valence-electron chi connectivity index (χ2n) is 9.39. The van der Waals surface area contributed by atoms with Gasteiger partial charge in [0.05, 0.1) is 24.5 Å². The Morgan fingerprint density at radius 1 is 1.23 bits per heavy atom. The van der Waals surface area contributed by atoms with Crippen molar-refractivity contribution in [3.8, 4) is 5.75 Å². The van der Waals surface area contributed by atoms with Crippen LogP contribution in [0.25, 0.3) is 16.6 Å². The van der Waals surface area contributed by atoms with Gasteiger partial charge in [0.25, 0.3) is 0 Å². The SMILES string of the molecule is COc1cc2nc(N)n3nc([C@@H]4CC[C@H](C)N(c5cnn([C@@H](C)[C-](C)C)c5)C4)nc3c2cc1F.[Mo]. The van der Waals surface area contributed by atoms with Gasteiger partial charge in [-0.2, -0.15) is 23.5 Å². The van der Waals surface area contributed by atoms with Crippen LogP contribution in [0.1, 0.15) is 58.3 Å². The summed E-state index contributed by atoms with van der Waals surface area (Å²) in [5, 5.41) is 9.83. The minimum Gasteiger partial charge on any atom is -0.494 e. The number of nitrogen functional groups attached to an aromatic ring is 1. The number of methoxy groups -OCH3 is 1. The van der Waals surface area contributed by atoms with Gasteiger partial charge in [-0.25, -0.2) is 14.4 Å². The van der Waals surface area contributed by atoms with Crippen LogP contribution < -0.4 is 15.4 Å². The van der Waals surface area contributed by atoms with Gasteiger partial charge < -0.3 is 15.4 Å². The number of hydrogen-bond acceptors (Lipinski definition) is 7. The van der Waals surface area contributed by atoms with Gasteiger partial charge in [-0.1, -0.05) is 13.0 Å². The van der Waals surface area contributed by atoms with Crippen molar-refractivity contribution in [3.05, 3.63) is 42.1 Å². The summed E-state index contributed by atoms with van der Waals surface area (Å²) in [6.07, 6.45) is 5.99. The van der Waals surface area contributed by atoms with Gasteiger partial charge in [0, 0.05) is 57.2 Å². The number of anilines is 2. The molecule has 1 aromatic carbocycles. The molecular formula is C24H30FMoN8O-. The summed E-state index contributed by atoms with van der Waals surface area (Å²) >= 11 is 0. The van der Waals surface area contributed by atoms with Gasteiger partial charge in [-0.3, -0.25) is 10.6 Å². The van der Waals surface area contributed by atoms with Gasteiger partial charge in [-0.15, -0.1) is 5.10 Å². The molecule has 35 heavy (non-hydrogen) atoms. The summed E-state index contributed by atoms with van der Waals surface area (Å²) in [4.78, 5) is 11.6. The fourth-order valence-electron chi connectivity index (χ4n) is 4.61. The second-order valence-corrected chi connectivity index (χ2v) is 9.39. The summed E-state index contributed by atoms with van der Waals surface area (Å²) < 4.78 is 23.0. The predicted octanol–water partition coefficient (Wildman–Crippen LogP) is 4.15. The maximum atomic E-state index is 14.4. The standard InChI is InChI=1S/C24H30FN8O.Mo/c1-13(2)15(4)32-12-17(10-27-32)31-11-16(7-6-14(31)3)22-29-23-18-8-19(25)21(34-5)9-20(18)28-24(26)33(23)30-22;/h8-10,12,14-16H,6-7,11H2,1-5H3,(H2,26,28);/q-1;/t14-,15-,16+;/m0./s1. The Hall–Kier alpha value is -2.74. The largest absolute Gasteiger partial charge is 0.494 e. The van der Waals surface area contributed by atoms with Crippen LogP contribution >= 0.6 is 0 Å². The molecule has 1 fully saturated rings. The van der Waals surface area contributed by atoms with Gasteiger partial charge >= 0.3 is 0 Å². The normalized spacial score (nSPS) is 19.3. The first kappa shape index (κ1) is 25.4. The third kappa shape index (κ3) is 4.48. The van der Waals surface area contributed by atoms with Crippen LogP contribution in [0.3, 0.4) is 0 Å². The number of nitrogens with zero attached hydrogens (tertiary/aromatic N) is 7. The van der Waals surface area contributed by atoms with Crippen molar-refractivity contribution < 1.29 is 30.2 Å². The molecule has 1 aliphatic rings. The number of hydrogen-bond donors (Lipinski definition) is 1. The smallest absolute Gasteiger partial charge is 0.223 e. The van der Waals surface area contributed by atoms with E-state index in [0.29, 0.717) is 28.4 Å². The molecule has 9 nitrogen and oxygen atoms in total. The summed E-state index contributed by atoms with van der Waals surface area (Å²) in [5.41, 5.74) is 8.29. The Labute approximate surface area is 218 Å². The summed E-state index contributed by atoms with van der Waals surface area (Å²) in [7, 11) is 1.42. The molecule has 3 aromatic heterocycles. The van der Waals surface area contributed by atoms with Crippen LogP contribution in [-0.4, -0.2) is 49.1 Å². The Morgan fingerprint density at radius 2 is 2.00 bits per heavy atom. The second kappa shape index (κ2) is 9.72. The van der Waals surface area contributed by atoms with E-state index in [9.17, 15) is 4.39 Å². The average molecular weight is 561 g/mol. The van der Waals surface area contributed by atoms with E-state index in [2.05, 4.69) is 54.0 Å². The third-order valence-electron chi connectivity index (χ3n) is 6.99. The Balaban J connectivity index is 0.00000289. The first-order chi connectivity index (χ1) is 16.3. The van der Waals surface area contributed by atoms with Gasteiger partial charge in [-0.05, 0) is 25.8 Å². The molecule has 1 saturated heterocycles. The molecule has 0 spiro atoms. The van der Waals surface area contributed by atoms with Crippen LogP contribution in [0.15, 0.2) is 24.5 Å². The average Bonchev–Trinajstić information content (AvgIpc) is 3.47. The molecule has 0 aliphatic carbocycles. The van der Waals surface area contributed by atoms with E-state index in [1.165, 1.54) is 29.7 Å². The number of aromatic nitrogens is 6. The Morgan fingerprint density at radius 3 is 2.71 bits per heavy atom. The zero-order valence-corrected chi connectivity index (χ0v) is 22.6. The molecular weight excluding hydrogens is 531 g/mol. The van der Waals surface area contributed by atoms with E-state index in [4.69, 9.17) is 15.5 Å². The van der Waals surface area contributed by atoms with Crippen molar-refractivity contribution in [3.63, 3.8) is 0 Å². The minimum atomic E-state index is -0.475. The van der Waals surface area contributed by atoms with Crippen molar-refractivity contribution in [1.82, 2.24) is 29.4 Å². The molecule has 4 aromatic rings. The van der Waals surface area contributed by atoms with E-state index >= 15 is 0 Å². The molecule has 186 valence electrons. The molecule has 5 rings (SSSR count). The quantitative estimate of drug-likeness (QED) is 0.289.